The summed E-state index contributed by atoms with van der Waals surface area (Å²) in [6.45, 7) is 2.90. The number of imidazole rings is 1. The van der Waals surface area contributed by atoms with Gasteiger partial charge in [0.15, 0.2) is 0 Å². The van der Waals surface area contributed by atoms with Crippen LogP contribution in [-0.4, -0.2) is 26.4 Å². The van der Waals surface area contributed by atoms with Gasteiger partial charge >= 0.3 is 0 Å². The van der Waals surface area contributed by atoms with E-state index in [2.05, 4.69) is 16.6 Å². The van der Waals surface area contributed by atoms with Gasteiger partial charge in [0.05, 0.1) is 30.4 Å². The molecule has 2 N–H and O–H groups in total. The first-order valence-corrected chi connectivity index (χ1v) is 6.92. The van der Waals surface area contributed by atoms with Crippen molar-refractivity contribution in [1.29, 1.82) is 0 Å². The summed E-state index contributed by atoms with van der Waals surface area (Å²) in [4.78, 5) is 4.70. The Bertz CT molecular complexity index is 774. The Kier molecular flexibility index (Phi) is 3.39. The molecule has 2 heterocycles. The van der Waals surface area contributed by atoms with Crippen LogP contribution in [0.2, 0.25) is 0 Å². The summed E-state index contributed by atoms with van der Waals surface area (Å²) in [5.41, 5.74) is 9.28. The molecular weight excluding hydrogens is 266 g/mol. The van der Waals surface area contributed by atoms with E-state index in [0.717, 1.165) is 34.7 Å². The summed E-state index contributed by atoms with van der Waals surface area (Å²) in [7, 11) is 3.53. The lowest BCUT2D eigenvalue weighted by molar-refractivity contribution is 0.415. The van der Waals surface area contributed by atoms with E-state index in [4.69, 9.17) is 15.5 Å². The number of rotatable bonds is 4. The molecule has 0 bridgehead atoms. The van der Waals surface area contributed by atoms with Gasteiger partial charge in [-0.1, -0.05) is 0 Å². The van der Waals surface area contributed by atoms with Gasteiger partial charge in [0, 0.05) is 31.4 Å². The molecule has 1 atom stereocenters. The molecule has 1 aromatic carbocycles. The number of hydrogen-bond acceptors (Lipinski definition) is 4. The molecule has 0 saturated carbocycles. The average Bonchev–Trinajstić information content (AvgIpc) is 3.08. The van der Waals surface area contributed by atoms with Crippen LogP contribution in [-0.2, 0) is 13.6 Å². The van der Waals surface area contributed by atoms with E-state index in [1.54, 1.807) is 18.0 Å². The zero-order chi connectivity index (χ0) is 15.0. The second-order valence-corrected chi connectivity index (χ2v) is 4.99. The Morgan fingerprint density at radius 1 is 1.38 bits per heavy atom. The van der Waals surface area contributed by atoms with Crippen LogP contribution < -0.4 is 10.5 Å². The van der Waals surface area contributed by atoms with E-state index < -0.39 is 0 Å². The zero-order valence-corrected chi connectivity index (χ0v) is 12.4. The highest BCUT2D eigenvalue weighted by Gasteiger charge is 2.19. The minimum atomic E-state index is -0.294. The highest BCUT2D eigenvalue weighted by molar-refractivity contribution is 5.78. The lowest BCUT2D eigenvalue weighted by atomic mass is 10.1. The van der Waals surface area contributed by atoms with E-state index in [1.165, 1.54) is 0 Å². The van der Waals surface area contributed by atoms with Crippen LogP contribution in [0, 0.1) is 0 Å². The maximum atomic E-state index is 6.37. The standard InChI is InChI=1S/C15H19N5O/c1-4-20-13-6-5-11(21-3)7-12(13)18-15(20)14(16)10-8-17-19(2)9-10/h5-9,14H,4,16H2,1-3H3. The third-order valence-corrected chi connectivity index (χ3v) is 3.66. The third kappa shape index (κ3) is 2.27. The minimum Gasteiger partial charge on any atom is -0.497 e. The number of nitrogens with zero attached hydrogens (tertiary/aromatic N) is 4. The molecule has 110 valence electrons. The molecule has 0 aliphatic heterocycles. The van der Waals surface area contributed by atoms with Crippen molar-refractivity contribution in [1.82, 2.24) is 19.3 Å². The highest BCUT2D eigenvalue weighted by Crippen LogP contribution is 2.26. The molecule has 3 rings (SSSR count). The second kappa shape index (κ2) is 5.21. The molecule has 0 spiro atoms. The molecule has 2 aromatic heterocycles. The van der Waals surface area contributed by atoms with Crippen LogP contribution in [0.25, 0.3) is 11.0 Å². The van der Waals surface area contributed by atoms with E-state index in [9.17, 15) is 0 Å². The van der Waals surface area contributed by atoms with E-state index in [0.29, 0.717) is 0 Å². The van der Waals surface area contributed by atoms with Gasteiger partial charge in [-0.3, -0.25) is 4.68 Å². The summed E-state index contributed by atoms with van der Waals surface area (Å²) in [6.07, 6.45) is 3.70. The van der Waals surface area contributed by atoms with Crippen LogP contribution in [0.3, 0.4) is 0 Å². The maximum absolute atomic E-state index is 6.37. The van der Waals surface area contributed by atoms with Gasteiger partial charge in [0.25, 0.3) is 0 Å². The summed E-state index contributed by atoms with van der Waals surface area (Å²) in [6, 6.07) is 5.60. The summed E-state index contributed by atoms with van der Waals surface area (Å²) >= 11 is 0. The normalized spacial score (nSPS) is 12.8. The van der Waals surface area contributed by atoms with Crippen molar-refractivity contribution in [3.8, 4) is 5.75 Å². The molecule has 0 amide bonds. The summed E-state index contributed by atoms with van der Waals surface area (Å²) < 4.78 is 9.14. The monoisotopic (exact) mass is 285 g/mol. The first-order valence-electron chi connectivity index (χ1n) is 6.92. The fourth-order valence-electron chi connectivity index (χ4n) is 2.57. The molecule has 6 heteroatoms. The Labute approximate surface area is 123 Å². The third-order valence-electron chi connectivity index (χ3n) is 3.66. The predicted octanol–water partition coefficient (Wildman–Crippen LogP) is 1.85. The van der Waals surface area contributed by atoms with Crippen LogP contribution in [0.5, 0.6) is 5.75 Å². The van der Waals surface area contributed by atoms with Crippen molar-refractivity contribution in [3.05, 3.63) is 42.0 Å². The van der Waals surface area contributed by atoms with Crippen molar-refractivity contribution in [2.45, 2.75) is 19.5 Å². The quantitative estimate of drug-likeness (QED) is 0.794. The van der Waals surface area contributed by atoms with Gasteiger partial charge in [-0.15, -0.1) is 0 Å². The molecule has 0 radical (unpaired) electrons. The molecule has 3 aromatic rings. The number of aryl methyl sites for hydroxylation is 2. The van der Waals surface area contributed by atoms with Gasteiger partial charge in [0.1, 0.15) is 11.6 Å². The lowest BCUT2D eigenvalue weighted by Gasteiger charge is -2.11. The van der Waals surface area contributed by atoms with Crippen LogP contribution in [0.15, 0.2) is 30.6 Å². The largest absolute Gasteiger partial charge is 0.497 e. The van der Waals surface area contributed by atoms with Crippen LogP contribution in [0.4, 0.5) is 0 Å². The summed E-state index contributed by atoms with van der Waals surface area (Å²) in [5, 5.41) is 4.18. The zero-order valence-electron chi connectivity index (χ0n) is 12.4. The second-order valence-electron chi connectivity index (χ2n) is 4.99. The fraction of sp³-hybridized carbons (Fsp3) is 0.333. The van der Waals surface area contributed by atoms with Crippen LogP contribution >= 0.6 is 0 Å². The molecule has 0 aliphatic rings. The number of aromatic nitrogens is 4. The molecule has 21 heavy (non-hydrogen) atoms. The maximum Gasteiger partial charge on any atom is 0.131 e. The smallest absolute Gasteiger partial charge is 0.131 e. The molecule has 6 nitrogen and oxygen atoms in total. The van der Waals surface area contributed by atoms with Gasteiger partial charge < -0.3 is 15.0 Å². The predicted molar refractivity (Wildman–Crippen MR) is 81.2 cm³/mol. The first kappa shape index (κ1) is 13.6. The topological polar surface area (TPSA) is 70.9 Å². The number of fused-ring (bicyclic) bond motifs is 1. The molecule has 0 aliphatic carbocycles. The molecular formula is C15H19N5O. The number of benzene rings is 1. The Hall–Kier alpha value is -2.34. The van der Waals surface area contributed by atoms with Gasteiger partial charge in [-0.05, 0) is 19.1 Å². The Balaban J connectivity index is 2.12. The fourth-order valence-corrected chi connectivity index (χ4v) is 2.57. The van der Waals surface area contributed by atoms with Crippen molar-refractivity contribution in [2.24, 2.45) is 12.8 Å². The van der Waals surface area contributed by atoms with E-state index in [1.807, 2.05) is 31.4 Å². The van der Waals surface area contributed by atoms with Gasteiger partial charge in [0.2, 0.25) is 0 Å². The summed E-state index contributed by atoms with van der Waals surface area (Å²) in [5.74, 6) is 1.64. The average molecular weight is 285 g/mol. The van der Waals surface area contributed by atoms with Gasteiger partial charge in [-0.2, -0.15) is 5.10 Å². The van der Waals surface area contributed by atoms with E-state index >= 15 is 0 Å². The number of methoxy groups -OCH3 is 1. The number of nitrogens with two attached hydrogens (primary N) is 1. The molecule has 0 fully saturated rings. The SMILES string of the molecule is CCn1c(C(N)c2cnn(C)c2)nc2cc(OC)ccc21. The molecule has 1 unspecified atom stereocenters. The lowest BCUT2D eigenvalue weighted by Crippen LogP contribution is -2.17. The number of hydrogen-bond donors (Lipinski definition) is 1. The highest BCUT2D eigenvalue weighted by atomic mass is 16.5. The van der Waals surface area contributed by atoms with E-state index in [-0.39, 0.29) is 6.04 Å². The van der Waals surface area contributed by atoms with Crippen LogP contribution in [0.1, 0.15) is 24.4 Å². The van der Waals surface area contributed by atoms with Crippen molar-refractivity contribution in [2.75, 3.05) is 7.11 Å². The van der Waals surface area contributed by atoms with Crippen molar-refractivity contribution < 1.29 is 4.74 Å². The first-order chi connectivity index (χ1) is 10.1. The molecule has 0 saturated heterocycles. The number of ether oxygens (including phenoxy) is 1. The Morgan fingerprint density at radius 2 is 2.19 bits per heavy atom. The van der Waals surface area contributed by atoms with Crippen molar-refractivity contribution >= 4 is 11.0 Å². The van der Waals surface area contributed by atoms with Crippen molar-refractivity contribution in [3.63, 3.8) is 0 Å². The minimum absolute atomic E-state index is 0.294. The Morgan fingerprint density at radius 3 is 2.81 bits per heavy atom. The van der Waals surface area contributed by atoms with Gasteiger partial charge in [-0.25, -0.2) is 4.98 Å².